The average molecular weight is 400 g/mol. The molecule has 0 aliphatic rings. The molecule has 0 fully saturated rings. The van der Waals surface area contributed by atoms with E-state index in [1.807, 2.05) is 42.6 Å². The molecule has 0 amide bonds. The lowest BCUT2D eigenvalue weighted by Crippen LogP contribution is -2.09. The van der Waals surface area contributed by atoms with E-state index >= 15 is 0 Å². The molecular weight excluding hydrogens is 376 g/mol. The van der Waals surface area contributed by atoms with E-state index in [9.17, 15) is 0 Å². The molecule has 4 aromatic rings. The molecule has 0 saturated heterocycles. The molecule has 0 atom stereocenters. The van der Waals surface area contributed by atoms with Gasteiger partial charge in [0.25, 0.3) is 0 Å². The summed E-state index contributed by atoms with van der Waals surface area (Å²) in [6.45, 7) is 0.732. The molecular formula is C24H24N4O2. The minimum Gasteiger partial charge on any atom is -0.493 e. The number of hydrogen-bond donors (Lipinski definition) is 1. The fraction of sp³-hybridized carbons (Fsp3) is 0.208. The van der Waals surface area contributed by atoms with Gasteiger partial charge in [0.2, 0.25) is 0 Å². The van der Waals surface area contributed by atoms with Gasteiger partial charge in [0.05, 0.1) is 19.9 Å². The number of pyridine rings is 1. The Bertz CT molecular complexity index is 1130. The van der Waals surface area contributed by atoms with Crippen LogP contribution in [-0.2, 0) is 12.8 Å². The van der Waals surface area contributed by atoms with Gasteiger partial charge in [0.1, 0.15) is 0 Å². The number of aromatic nitrogens is 3. The van der Waals surface area contributed by atoms with Gasteiger partial charge in [0, 0.05) is 36.1 Å². The van der Waals surface area contributed by atoms with Crippen molar-refractivity contribution in [3.05, 3.63) is 83.8 Å². The first-order valence-electron chi connectivity index (χ1n) is 9.86. The SMILES string of the molecule is COc1ccc(CCNc2nnc(Cc3cccnc3)c3ccccc23)cc1OC. The highest BCUT2D eigenvalue weighted by Crippen LogP contribution is 2.28. The average Bonchev–Trinajstić information content (AvgIpc) is 2.81. The van der Waals surface area contributed by atoms with Gasteiger partial charge in [-0.15, -0.1) is 5.10 Å². The Morgan fingerprint density at radius 1 is 0.833 bits per heavy atom. The third-order valence-electron chi connectivity index (χ3n) is 5.01. The Labute approximate surface area is 175 Å². The highest BCUT2D eigenvalue weighted by Gasteiger charge is 2.10. The predicted octanol–water partition coefficient (Wildman–Crippen LogP) is 4.29. The van der Waals surface area contributed by atoms with E-state index in [-0.39, 0.29) is 0 Å². The standard InChI is InChI=1S/C24H24N4O2/c1-29-22-10-9-17(15-23(22)30-2)11-13-26-24-20-8-4-3-7-19(20)21(27-28-24)14-18-6-5-12-25-16-18/h3-10,12,15-16H,11,13-14H2,1-2H3,(H,26,28). The maximum absolute atomic E-state index is 5.39. The molecule has 0 spiro atoms. The molecule has 0 aliphatic carbocycles. The van der Waals surface area contributed by atoms with Crippen molar-refractivity contribution in [1.29, 1.82) is 0 Å². The maximum Gasteiger partial charge on any atom is 0.160 e. The zero-order valence-electron chi connectivity index (χ0n) is 17.1. The molecule has 0 unspecified atom stereocenters. The zero-order chi connectivity index (χ0) is 20.8. The third-order valence-corrected chi connectivity index (χ3v) is 5.01. The first kappa shape index (κ1) is 19.6. The van der Waals surface area contributed by atoms with Crippen LogP contribution >= 0.6 is 0 Å². The second kappa shape index (κ2) is 9.22. The highest BCUT2D eigenvalue weighted by atomic mass is 16.5. The van der Waals surface area contributed by atoms with Gasteiger partial charge in [-0.1, -0.05) is 36.4 Å². The predicted molar refractivity (Wildman–Crippen MR) is 118 cm³/mol. The number of anilines is 1. The topological polar surface area (TPSA) is 69.2 Å². The number of nitrogens with one attached hydrogen (secondary N) is 1. The molecule has 0 aliphatic heterocycles. The fourth-order valence-electron chi connectivity index (χ4n) is 3.48. The molecule has 2 heterocycles. The van der Waals surface area contributed by atoms with Crippen LogP contribution in [-0.4, -0.2) is 35.9 Å². The summed E-state index contributed by atoms with van der Waals surface area (Å²) in [7, 11) is 3.29. The number of methoxy groups -OCH3 is 2. The summed E-state index contributed by atoms with van der Waals surface area (Å²) in [6.07, 6.45) is 5.17. The minimum atomic E-state index is 0.702. The molecule has 0 bridgehead atoms. The van der Waals surface area contributed by atoms with Crippen LogP contribution in [0.2, 0.25) is 0 Å². The molecule has 30 heavy (non-hydrogen) atoms. The van der Waals surface area contributed by atoms with Crippen molar-refractivity contribution in [3.8, 4) is 11.5 Å². The second-order valence-corrected chi connectivity index (χ2v) is 6.95. The number of fused-ring (bicyclic) bond motifs is 1. The summed E-state index contributed by atoms with van der Waals surface area (Å²) in [5, 5.41) is 14.6. The molecule has 6 nitrogen and oxygen atoms in total. The van der Waals surface area contributed by atoms with Gasteiger partial charge in [0.15, 0.2) is 17.3 Å². The monoisotopic (exact) mass is 400 g/mol. The lowest BCUT2D eigenvalue weighted by atomic mass is 10.1. The van der Waals surface area contributed by atoms with E-state index in [4.69, 9.17) is 9.47 Å². The van der Waals surface area contributed by atoms with Gasteiger partial charge in [-0.05, 0) is 35.7 Å². The Hall–Kier alpha value is -3.67. The fourth-order valence-corrected chi connectivity index (χ4v) is 3.48. The van der Waals surface area contributed by atoms with E-state index in [2.05, 4.69) is 38.7 Å². The molecule has 152 valence electrons. The minimum absolute atomic E-state index is 0.702. The molecule has 0 radical (unpaired) electrons. The van der Waals surface area contributed by atoms with Crippen LogP contribution < -0.4 is 14.8 Å². The Balaban J connectivity index is 1.50. The van der Waals surface area contributed by atoms with Crippen molar-refractivity contribution in [3.63, 3.8) is 0 Å². The first-order chi connectivity index (χ1) is 14.8. The van der Waals surface area contributed by atoms with E-state index in [1.165, 1.54) is 0 Å². The largest absolute Gasteiger partial charge is 0.493 e. The summed E-state index contributed by atoms with van der Waals surface area (Å²) in [6, 6.07) is 18.2. The van der Waals surface area contributed by atoms with Crippen LogP contribution in [0.15, 0.2) is 67.0 Å². The Morgan fingerprint density at radius 3 is 2.43 bits per heavy atom. The van der Waals surface area contributed by atoms with E-state index in [0.717, 1.165) is 57.9 Å². The summed E-state index contributed by atoms with van der Waals surface area (Å²) >= 11 is 0. The van der Waals surface area contributed by atoms with Gasteiger partial charge >= 0.3 is 0 Å². The molecule has 2 aromatic carbocycles. The number of rotatable bonds is 8. The molecule has 0 saturated carbocycles. The molecule has 1 N–H and O–H groups in total. The maximum atomic E-state index is 5.39. The lowest BCUT2D eigenvalue weighted by Gasteiger charge is -2.12. The van der Waals surface area contributed by atoms with E-state index < -0.39 is 0 Å². The number of benzene rings is 2. The quantitative estimate of drug-likeness (QED) is 0.476. The second-order valence-electron chi connectivity index (χ2n) is 6.95. The van der Waals surface area contributed by atoms with Crippen molar-refractivity contribution in [2.45, 2.75) is 12.8 Å². The van der Waals surface area contributed by atoms with Crippen molar-refractivity contribution in [2.75, 3.05) is 26.1 Å². The Kier molecular flexibility index (Phi) is 6.03. The number of nitrogens with zero attached hydrogens (tertiary/aromatic N) is 3. The van der Waals surface area contributed by atoms with Gasteiger partial charge in [-0.3, -0.25) is 4.98 Å². The van der Waals surface area contributed by atoms with E-state index in [1.54, 1.807) is 20.4 Å². The number of ether oxygens (including phenoxy) is 2. The van der Waals surface area contributed by atoms with Crippen LogP contribution in [0.5, 0.6) is 11.5 Å². The summed E-state index contributed by atoms with van der Waals surface area (Å²) < 4.78 is 10.7. The Morgan fingerprint density at radius 2 is 1.67 bits per heavy atom. The first-order valence-corrected chi connectivity index (χ1v) is 9.86. The van der Waals surface area contributed by atoms with Gasteiger partial charge in [-0.2, -0.15) is 5.10 Å². The van der Waals surface area contributed by atoms with Crippen molar-refractivity contribution >= 4 is 16.6 Å². The number of hydrogen-bond acceptors (Lipinski definition) is 6. The zero-order valence-corrected chi connectivity index (χ0v) is 17.1. The van der Waals surface area contributed by atoms with Gasteiger partial charge in [-0.25, -0.2) is 0 Å². The van der Waals surface area contributed by atoms with Crippen LogP contribution in [0.4, 0.5) is 5.82 Å². The molecule has 6 heteroatoms. The summed E-state index contributed by atoms with van der Waals surface area (Å²) in [4.78, 5) is 4.19. The summed E-state index contributed by atoms with van der Waals surface area (Å²) in [5.74, 6) is 2.26. The van der Waals surface area contributed by atoms with Crippen LogP contribution in [0.3, 0.4) is 0 Å². The summed E-state index contributed by atoms with van der Waals surface area (Å²) in [5.41, 5.74) is 3.22. The highest BCUT2D eigenvalue weighted by molar-refractivity contribution is 5.93. The molecule has 2 aromatic heterocycles. The molecule has 4 rings (SSSR count). The lowest BCUT2D eigenvalue weighted by molar-refractivity contribution is 0.354. The van der Waals surface area contributed by atoms with Crippen LogP contribution in [0.25, 0.3) is 10.8 Å². The van der Waals surface area contributed by atoms with Crippen LogP contribution in [0.1, 0.15) is 16.8 Å². The van der Waals surface area contributed by atoms with Crippen molar-refractivity contribution < 1.29 is 9.47 Å². The van der Waals surface area contributed by atoms with Crippen LogP contribution in [0, 0.1) is 0 Å². The smallest absolute Gasteiger partial charge is 0.160 e. The van der Waals surface area contributed by atoms with Crippen molar-refractivity contribution in [1.82, 2.24) is 15.2 Å². The van der Waals surface area contributed by atoms with E-state index in [0.29, 0.717) is 6.42 Å². The van der Waals surface area contributed by atoms with Gasteiger partial charge < -0.3 is 14.8 Å². The van der Waals surface area contributed by atoms with Crippen molar-refractivity contribution in [2.24, 2.45) is 0 Å². The normalized spacial score (nSPS) is 10.7. The third kappa shape index (κ3) is 4.33.